The third kappa shape index (κ3) is 4.79. The highest BCUT2D eigenvalue weighted by molar-refractivity contribution is 5.97. The van der Waals surface area contributed by atoms with Crippen LogP contribution in [0.2, 0.25) is 0 Å². The number of carbonyl (C=O) groups is 2. The lowest BCUT2D eigenvalue weighted by Gasteiger charge is -2.20. The van der Waals surface area contributed by atoms with Gasteiger partial charge >= 0.3 is 5.97 Å². The molecule has 5 nitrogen and oxygen atoms in total. The molecule has 1 aromatic heterocycles. The molecule has 1 amide bonds. The number of carboxylic acid groups (broad SMARTS) is 1. The monoisotopic (exact) mass is 369 g/mol. The van der Waals surface area contributed by atoms with E-state index in [1.807, 2.05) is 0 Å². The van der Waals surface area contributed by atoms with Gasteiger partial charge in [0.15, 0.2) is 0 Å². The van der Waals surface area contributed by atoms with Crippen molar-refractivity contribution in [2.45, 2.75) is 52.5 Å². The number of carbonyl (C=O) groups excluding carboxylic acids is 1. The van der Waals surface area contributed by atoms with Gasteiger partial charge in [-0.2, -0.15) is 0 Å². The Morgan fingerprint density at radius 2 is 1.89 bits per heavy atom. The summed E-state index contributed by atoms with van der Waals surface area (Å²) in [5.74, 6) is -0.0376. The molecule has 5 heteroatoms. The van der Waals surface area contributed by atoms with E-state index in [-0.39, 0.29) is 24.1 Å². The molecule has 0 radical (unpaired) electrons. The first-order valence-electron chi connectivity index (χ1n) is 9.53. The molecule has 0 spiro atoms. The fraction of sp³-hybridized carbons (Fsp3) is 0.455. The molecule has 27 heavy (non-hydrogen) atoms. The Morgan fingerprint density at radius 1 is 1.22 bits per heavy atom. The molecule has 1 saturated carbocycles. The highest BCUT2D eigenvalue weighted by Crippen LogP contribution is 2.41. The number of nitrogens with one attached hydrogen (secondary N) is 1. The zero-order valence-electron chi connectivity index (χ0n) is 16.1. The average Bonchev–Trinajstić information content (AvgIpc) is 3.36. The minimum absolute atomic E-state index is 0.0578. The van der Waals surface area contributed by atoms with E-state index in [0.717, 1.165) is 24.8 Å². The lowest BCUT2D eigenvalue weighted by molar-refractivity contribution is -0.136. The van der Waals surface area contributed by atoms with Gasteiger partial charge in [-0.15, -0.1) is 0 Å². The van der Waals surface area contributed by atoms with E-state index >= 15 is 0 Å². The van der Waals surface area contributed by atoms with Crippen LogP contribution in [-0.2, 0) is 17.6 Å². The summed E-state index contributed by atoms with van der Waals surface area (Å²) in [5.41, 5.74) is 3.40. The van der Waals surface area contributed by atoms with Crippen LogP contribution in [0, 0.1) is 18.8 Å². The molecule has 0 saturated heterocycles. The average molecular weight is 369 g/mol. The Morgan fingerprint density at radius 3 is 2.44 bits per heavy atom. The predicted octanol–water partition coefficient (Wildman–Crippen LogP) is 4.29. The van der Waals surface area contributed by atoms with Crippen molar-refractivity contribution in [3.63, 3.8) is 0 Å². The number of aliphatic carboxylic acids is 1. The Bertz CT molecular complexity index is 815. The van der Waals surface area contributed by atoms with Crippen LogP contribution in [-0.4, -0.2) is 17.0 Å². The van der Waals surface area contributed by atoms with E-state index in [0.29, 0.717) is 23.0 Å². The number of aryl methyl sites for hydroxylation is 1. The standard InChI is InChI=1S/C22H27NO4/c1-13(2)10-15-4-6-16(7-5-15)21(17-8-9-17)23-22(26)20-14(3)12-27-18(20)11-19(24)25/h4-7,12-13,17,21H,8-11H2,1-3H3,(H,23,26)(H,24,25). The van der Waals surface area contributed by atoms with Crippen LogP contribution in [0.4, 0.5) is 0 Å². The minimum atomic E-state index is -1.02. The van der Waals surface area contributed by atoms with Crippen LogP contribution in [0.15, 0.2) is 34.9 Å². The predicted molar refractivity (Wildman–Crippen MR) is 103 cm³/mol. The van der Waals surface area contributed by atoms with Gasteiger partial charge in [-0.3, -0.25) is 9.59 Å². The fourth-order valence-electron chi connectivity index (χ4n) is 3.52. The van der Waals surface area contributed by atoms with E-state index in [9.17, 15) is 9.59 Å². The normalized spacial score (nSPS) is 15.0. The zero-order chi connectivity index (χ0) is 19.6. The molecule has 1 aromatic carbocycles. The molecule has 0 bridgehead atoms. The highest BCUT2D eigenvalue weighted by Gasteiger charge is 2.34. The topological polar surface area (TPSA) is 79.5 Å². The molecular formula is C22H27NO4. The van der Waals surface area contributed by atoms with Crippen molar-refractivity contribution in [1.29, 1.82) is 0 Å². The molecule has 1 heterocycles. The van der Waals surface area contributed by atoms with E-state index < -0.39 is 5.97 Å². The maximum Gasteiger partial charge on any atom is 0.311 e. The molecule has 1 aliphatic rings. The van der Waals surface area contributed by atoms with Crippen molar-refractivity contribution in [3.8, 4) is 0 Å². The largest absolute Gasteiger partial charge is 0.481 e. The van der Waals surface area contributed by atoms with Gasteiger partial charge in [-0.05, 0) is 49.1 Å². The zero-order valence-corrected chi connectivity index (χ0v) is 16.1. The number of furan rings is 1. The summed E-state index contributed by atoms with van der Waals surface area (Å²) in [6, 6.07) is 8.41. The van der Waals surface area contributed by atoms with Crippen molar-refractivity contribution < 1.29 is 19.1 Å². The Balaban J connectivity index is 1.78. The fourth-order valence-corrected chi connectivity index (χ4v) is 3.52. The lowest BCUT2D eigenvalue weighted by Crippen LogP contribution is -2.31. The summed E-state index contributed by atoms with van der Waals surface area (Å²) in [6.07, 6.45) is 4.36. The first-order valence-corrected chi connectivity index (χ1v) is 9.53. The molecule has 144 valence electrons. The summed E-state index contributed by atoms with van der Waals surface area (Å²) in [7, 11) is 0. The van der Waals surface area contributed by atoms with Gasteiger partial charge < -0.3 is 14.8 Å². The van der Waals surface area contributed by atoms with Crippen LogP contribution in [0.5, 0.6) is 0 Å². The van der Waals surface area contributed by atoms with Crippen molar-refractivity contribution in [2.75, 3.05) is 0 Å². The molecule has 2 aromatic rings. The molecule has 3 rings (SSSR count). The SMILES string of the molecule is Cc1coc(CC(=O)O)c1C(=O)NC(c1ccc(CC(C)C)cc1)C1CC1. The third-order valence-corrected chi connectivity index (χ3v) is 4.95. The maximum atomic E-state index is 12.9. The number of hydrogen-bond acceptors (Lipinski definition) is 3. The lowest BCUT2D eigenvalue weighted by atomic mass is 9.97. The Hall–Kier alpha value is -2.56. The van der Waals surface area contributed by atoms with Crippen molar-refractivity contribution in [3.05, 3.63) is 58.5 Å². The molecule has 0 aliphatic heterocycles. The molecule has 1 atom stereocenters. The van der Waals surface area contributed by atoms with E-state index in [2.05, 4.69) is 43.4 Å². The van der Waals surface area contributed by atoms with Gasteiger partial charge in [-0.1, -0.05) is 38.1 Å². The Kier molecular flexibility index (Phi) is 5.68. The van der Waals surface area contributed by atoms with Crippen molar-refractivity contribution in [1.82, 2.24) is 5.32 Å². The van der Waals surface area contributed by atoms with Crippen molar-refractivity contribution >= 4 is 11.9 Å². The summed E-state index contributed by atoms with van der Waals surface area (Å²) in [5, 5.41) is 12.2. The van der Waals surface area contributed by atoms with Gasteiger partial charge in [-0.25, -0.2) is 0 Å². The smallest absolute Gasteiger partial charge is 0.311 e. The number of amides is 1. The van der Waals surface area contributed by atoms with Gasteiger partial charge in [0.1, 0.15) is 12.2 Å². The molecule has 1 aliphatic carbocycles. The van der Waals surface area contributed by atoms with Crippen LogP contribution in [0.1, 0.15) is 65.5 Å². The number of benzene rings is 1. The minimum Gasteiger partial charge on any atom is -0.481 e. The highest BCUT2D eigenvalue weighted by atomic mass is 16.4. The van der Waals surface area contributed by atoms with Gasteiger partial charge in [0.25, 0.3) is 5.91 Å². The summed E-state index contributed by atoms with van der Waals surface area (Å²) < 4.78 is 5.30. The molecule has 1 fully saturated rings. The second-order valence-corrected chi connectivity index (χ2v) is 7.92. The van der Waals surface area contributed by atoms with Crippen LogP contribution < -0.4 is 5.32 Å². The van der Waals surface area contributed by atoms with E-state index in [4.69, 9.17) is 9.52 Å². The first kappa shape index (κ1) is 19.2. The quantitative estimate of drug-likeness (QED) is 0.727. The summed E-state index contributed by atoms with van der Waals surface area (Å²) >= 11 is 0. The maximum absolute atomic E-state index is 12.9. The number of rotatable bonds is 8. The van der Waals surface area contributed by atoms with Gasteiger partial charge in [0.05, 0.1) is 17.9 Å². The van der Waals surface area contributed by atoms with E-state index in [1.165, 1.54) is 11.8 Å². The second-order valence-electron chi connectivity index (χ2n) is 7.92. The molecule has 2 N–H and O–H groups in total. The molecular weight excluding hydrogens is 342 g/mol. The van der Waals surface area contributed by atoms with Gasteiger partial charge in [0, 0.05) is 5.56 Å². The van der Waals surface area contributed by atoms with E-state index in [1.54, 1.807) is 6.92 Å². The molecule has 1 unspecified atom stereocenters. The van der Waals surface area contributed by atoms with Gasteiger partial charge in [0.2, 0.25) is 0 Å². The van der Waals surface area contributed by atoms with Crippen LogP contribution >= 0.6 is 0 Å². The first-order chi connectivity index (χ1) is 12.8. The third-order valence-electron chi connectivity index (χ3n) is 4.95. The summed E-state index contributed by atoms with van der Waals surface area (Å²) in [6.45, 7) is 6.16. The van der Waals surface area contributed by atoms with Crippen LogP contribution in [0.25, 0.3) is 0 Å². The number of carboxylic acids is 1. The van der Waals surface area contributed by atoms with Crippen LogP contribution in [0.3, 0.4) is 0 Å². The number of hydrogen-bond donors (Lipinski definition) is 2. The summed E-state index contributed by atoms with van der Waals surface area (Å²) in [4.78, 5) is 23.9. The second kappa shape index (κ2) is 7.99. The Labute approximate surface area is 159 Å². The van der Waals surface area contributed by atoms with Crippen molar-refractivity contribution in [2.24, 2.45) is 11.8 Å².